The molecule has 1 rings (SSSR count). The number of hydrogen-bond acceptors (Lipinski definition) is 1. The summed E-state index contributed by atoms with van der Waals surface area (Å²) in [6.45, 7) is 15.4. The molecule has 4 heteroatoms. The first kappa shape index (κ1) is 13.8. The van der Waals surface area contributed by atoms with E-state index in [2.05, 4.69) is 46.1 Å². The summed E-state index contributed by atoms with van der Waals surface area (Å²) in [5, 5.41) is 0. The second-order valence-corrected chi connectivity index (χ2v) is 4.68. The van der Waals surface area contributed by atoms with Gasteiger partial charge in [-0.3, -0.25) is 0 Å². The van der Waals surface area contributed by atoms with Crippen LogP contribution in [0.3, 0.4) is 0 Å². The summed E-state index contributed by atoms with van der Waals surface area (Å²) in [5.74, 6) is 1.28. The zero-order valence-corrected chi connectivity index (χ0v) is 11.2. The molecule has 1 atom stereocenters. The van der Waals surface area contributed by atoms with Crippen molar-refractivity contribution in [2.24, 2.45) is 0 Å². The number of rotatable bonds is 6. The molecule has 0 fully saturated rings. The second kappa shape index (κ2) is 7.14. The molecule has 0 aliphatic heterocycles. The molecule has 0 amide bonds. The molecule has 1 unspecified atom stereocenters. The van der Waals surface area contributed by atoms with Gasteiger partial charge in [-0.15, -0.1) is 0 Å². The minimum absolute atomic E-state index is 0.635. The van der Waals surface area contributed by atoms with Gasteiger partial charge in [0.1, 0.15) is 0 Å². The minimum atomic E-state index is 0.635. The third kappa shape index (κ3) is 3.36. The molecule has 84 valence electrons. The standard InChI is InChI=1S/C12H22B3N/c1-5-8-9(4)11-12(10(6-2)7-3)16-15-14-13-11/h9-10H,5-8H2,1-4H3. The van der Waals surface area contributed by atoms with Crippen molar-refractivity contribution in [2.75, 3.05) is 0 Å². The van der Waals surface area contributed by atoms with Gasteiger partial charge in [0.25, 0.3) is 0 Å². The summed E-state index contributed by atoms with van der Waals surface area (Å²) in [4.78, 5) is 4.62. The summed E-state index contributed by atoms with van der Waals surface area (Å²) in [6, 6.07) is 0. The molecule has 0 aliphatic carbocycles. The molecule has 0 spiro atoms. The normalized spacial score (nSPS) is 12.3. The SMILES string of the molecule is CCCC(C)c1bbbnc1C(CC)CC. The van der Waals surface area contributed by atoms with Crippen molar-refractivity contribution in [1.29, 1.82) is 0 Å². The Morgan fingerprint density at radius 3 is 2.44 bits per heavy atom. The summed E-state index contributed by atoms with van der Waals surface area (Å²) >= 11 is 0. The molecule has 1 aromatic rings. The molecule has 0 radical (unpaired) electrons. The van der Waals surface area contributed by atoms with Gasteiger partial charge in [-0.2, -0.15) is 0 Å². The van der Waals surface area contributed by atoms with Crippen LogP contribution in [0.5, 0.6) is 0 Å². The summed E-state index contributed by atoms with van der Waals surface area (Å²) in [6.07, 6.45) is 4.90. The third-order valence-corrected chi connectivity index (χ3v) is 3.50. The van der Waals surface area contributed by atoms with Crippen molar-refractivity contribution in [3.8, 4) is 0 Å². The van der Waals surface area contributed by atoms with Crippen LogP contribution in [-0.2, 0) is 0 Å². The Balaban J connectivity index is 2.98. The Morgan fingerprint density at radius 1 is 1.19 bits per heavy atom. The Hall–Kier alpha value is -0.265. The van der Waals surface area contributed by atoms with Gasteiger partial charge in [-0.05, 0) is 0 Å². The molecule has 1 heterocycles. The maximum absolute atomic E-state index is 4.62. The Bertz CT molecular complexity index is 313. The molecule has 0 bridgehead atoms. The predicted molar refractivity (Wildman–Crippen MR) is 74.9 cm³/mol. The van der Waals surface area contributed by atoms with Crippen LogP contribution in [0.4, 0.5) is 0 Å². The van der Waals surface area contributed by atoms with Crippen LogP contribution in [-0.4, -0.2) is 25.3 Å². The van der Waals surface area contributed by atoms with Gasteiger partial charge in [0, 0.05) is 0 Å². The fraction of sp³-hybridized carbons (Fsp3) is 0.833. The fourth-order valence-electron chi connectivity index (χ4n) is 2.45. The molecular formula is C12H22B3N. The van der Waals surface area contributed by atoms with Crippen molar-refractivity contribution in [3.05, 3.63) is 11.2 Å². The van der Waals surface area contributed by atoms with Gasteiger partial charge < -0.3 is 0 Å². The third-order valence-electron chi connectivity index (χ3n) is 3.50. The van der Waals surface area contributed by atoms with Crippen LogP contribution >= 0.6 is 0 Å². The zero-order valence-electron chi connectivity index (χ0n) is 11.2. The van der Waals surface area contributed by atoms with Crippen molar-refractivity contribution in [3.63, 3.8) is 0 Å². The van der Waals surface area contributed by atoms with Crippen LogP contribution in [0.15, 0.2) is 0 Å². The van der Waals surface area contributed by atoms with Crippen LogP contribution in [0.2, 0.25) is 0 Å². The maximum atomic E-state index is 4.62. The van der Waals surface area contributed by atoms with Crippen molar-refractivity contribution in [2.45, 2.75) is 65.2 Å². The van der Waals surface area contributed by atoms with E-state index in [4.69, 9.17) is 0 Å². The zero-order chi connectivity index (χ0) is 12.0. The number of nitrogens with zero attached hydrogens (tertiary/aromatic N) is 1. The first-order valence-corrected chi connectivity index (χ1v) is 6.69. The number of aromatic nitrogens is 1. The average molecular weight is 213 g/mol. The van der Waals surface area contributed by atoms with E-state index in [0.29, 0.717) is 11.8 Å². The summed E-state index contributed by atoms with van der Waals surface area (Å²) < 4.78 is 0. The first-order valence-electron chi connectivity index (χ1n) is 6.69. The molecule has 1 aromatic heterocycles. The fourth-order valence-corrected chi connectivity index (χ4v) is 2.45. The van der Waals surface area contributed by atoms with Gasteiger partial charge in [-0.1, -0.05) is 0 Å². The van der Waals surface area contributed by atoms with Crippen LogP contribution in [0, 0.1) is 0 Å². The topological polar surface area (TPSA) is 12.9 Å². The van der Waals surface area contributed by atoms with Gasteiger partial charge in [0.15, 0.2) is 0 Å². The second-order valence-electron chi connectivity index (χ2n) is 4.68. The van der Waals surface area contributed by atoms with Gasteiger partial charge in [-0.25, -0.2) is 0 Å². The Kier molecular flexibility index (Phi) is 6.16. The molecule has 1 nitrogen and oxygen atoms in total. The molecule has 16 heavy (non-hydrogen) atoms. The number of hydrogen-bond donors (Lipinski definition) is 0. The Morgan fingerprint density at radius 2 is 1.88 bits per heavy atom. The summed E-state index contributed by atoms with van der Waals surface area (Å²) in [5.41, 5.74) is 2.81. The van der Waals surface area contributed by atoms with E-state index in [1.54, 1.807) is 0 Å². The van der Waals surface area contributed by atoms with E-state index < -0.39 is 0 Å². The van der Waals surface area contributed by atoms with Gasteiger partial charge in [0.05, 0.1) is 0 Å². The molecule has 0 saturated carbocycles. The van der Waals surface area contributed by atoms with Crippen LogP contribution in [0.1, 0.15) is 76.4 Å². The molecule has 0 aliphatic rings. The van der Waals surface area contributed by atoms with Crippen LogP contribution in [0.25, 0.3) is 0 Å². The van der Waals surface area contributed by atoms with E-state index in [0.717, 1.165) is 0 Å². The molecule has 0 saturated heterocycles. The molecule has 0 N–H and O–H groups in total. The van der Waals surface area contributed by atoms with E-state index in [1.807, 2.05) is 6.94 Å². The van der Waals surface area contributed by atoms with E-state index in [9.17, 15) is 0 Å². The van der Waals surface area contributed by atoms with Crippen LogP contribution < -0.4 is 0 Å². The molecular weight excluding hydrogens is 191 g/mol. The van der Waals surface area contributed by atoms with Crippen molar-refractivity contribution >= 4 is 20.4 Å². The van der Waals surface area contributed by atoms with Gasteiger partial charge >= 0.3 is 102 Å². The van der Waals surface area contributed by atoms with Gasteiger partial charge in [0.2, 0.25) is 0 Å². The molecule has 0 aromatic carbocycles. The van der Waals surface area contributed by atoms with Crippen molar-refractivity contribution < 1.29 is 0 Å². The predicted octanol–water partition coefficient (Wildman–Crippen LogP) is 2.90. The van der Waals surface area contributed by atoms with Crippen molar-refractivity contribution in [1.82, 2.24) is 4.89 Å². The summed E-state index contributed by atoms with van der Waals surface area (Å²) in [7, 11) is 0. The quantitative estimate of drug-likeness (QED) is 0.707. The van der Waals surface area contributed by atoms with E-state index >= 15 is 0 Å². The van der Waals surface area contributed by atoms with E-state index in [-0.39, 0.29) is 0 Å². The monoisotopic (exact) mass is 213 g/mol. The first-order chi connectivity index (χ1) is 7.74. The average Bonchev–Trinajstić information content (AvgIpc) is 2.31. The van der Waals surface area contributed by atoms with E-state index in [1.165, 1.54) is 36.8 Å². The Labute approximate surface area is 102 Å².